The fourth-order valence-corrected chi connectivity index (χ4v) is 6.20. The molecular weight excluding hydrogens is 484 g/mol. The van der Waals surface area contributed by atoms with Crippen LogP contribution in [0.3, 0.4) is 0 Å². The molecule has 2 amide bonds. The Balaban J connectivity index is 1.29. The van der Waals surface area contributed by atoms with E-state index < -0.39 is 20.5 Å². The number of carbonyl (C=O) groups excluding carboxylic acids is 2. The van der Waals surface area contributed by atoms with E-state index in [9.17, 15) is 18.0 Å². The topological polar surface area (TPSA) is 131 Å². The predicted molar refractivity (Wildman–Crippen MR) is 133 cm³/mol. The molecule has 0 aromatic heterocycles. The quantitative estimate of drug-likeness (QED) is 0.228. The first-order valence-corrected chi connectivity index (χ1v) is 13.1. The monoisotopic (exact) mass is 512 g/mol. The van der Waals surface area contributed by atoms with E-state index >= 15 is 0 Å². The molecule has 190 valence electrons. The second-order valence-corrected chi connectivity index (χ2v) is 10.8. The number of fused-ring (bicyclic) bond motifs is 1. The van der Waals surface area contributed by atoms with E-state index in [4.69, 9.17) is 14.7 Å². The Morgan fingerprint density at radius 2 is 1.67 bits per heavy atom. The third kappa shape index (κ3) is 5.20. The second-order valence-electron chi connectivity index (χ2n) is 8.54. The molecule has 1 saturated heterocycles. The van der Waals surface area contributed by atoms with Crippen molar-refractivity contribution in [1.82, 2.24) is 10.8 Å². The molecule has 1 aliphatic heterocycles. The van der Waals surface area contributed by atoms with Crippen molar-refractivity contribution in [3.8, 4) is 5.75 Å². The Labute approximate surface area is 209 Å². The summed E-state index contributed by atoms with van der Waals surface area (Å²) in [4.78, 5) is 24.7. The van der Waals surface area contributed by atoms with Crippen LogP contribution in [0, 0.1) is 0 Å². The average molecular weight is 513 g/mol. The first-order valence-electron chi connectivity index (χ1n) is 11.6. The summed E-state index contributed by atoms with van der Waals surface area (Å²) in [5.41, 5.74) is 2.09. The molecule has 0 unspecified atom stereocenters. The van der Waals surface area contributed by atoms with E-state index in [2.05, 4.69) is 5.32 Å². The molecule has 0 bridgehead atoms. The fraction of sp³-hybridized carbons (Fsp3) is 0.308. The molecule has 0 atom stereocenters. The molecule has 3 N–H and O–H groups in total. The van der Waals surface area contributed by atoms with Crippen molar-refractivity contribution >= 4 is 32.4 Å². The maximum Gasteiger partial charge on any atom is 0.265 e. The number of hydroxylamine groups is 1. The summed E-state index contributed by atoms with van der Waals surface area (Å²) in [5, 5.41) is 14.1. The van der Waals surface area contributed by atoms with Gasteiger partial charge in [-0.25, -0.2) is 13.9 Å². The molecule has 0 spiro atoms. The van der Waals surface area contributed by atoms with Crippen molar-refractivity contribution in [3.63, 3.8) is 0 Å². The van der Waals surface area contributed by atoms with Gasteiger partial charge >= 0.3 is 0 Å². The molecule has 1 aliphatic rings. The lowest BCUT2D eigenvalue weighted by atomic mass is 9.98. The molecule has 4 rings (SSSR count). The van der Waals surface area contributed by atoms with Crippen LogP contribution in [0.15, 0.2) is 71.6 Å². The van der Waals surface area contributed by atoms with Crippen molar-refractivity contribution in [2.45, 2.75) is 28.9 Å². The molecule has 3 aromatic carbocycles. The Morgan fingerprint density at radius 3 is 2.36 bits per heavy atom. The van der Waals surface area contributed by atoms with Crippen LogP contribution in [-0.4, -0.2) is 56.6 Å². The fourth-order valence-electron chi connectivity index (χ4n) is 4.26. The van der Waals surface area contributed by atoms with Crippen LogP contribution in [-0.2, 0) is 19.4 Å². The summed E-state index contributed by atoms with van der Waals surface area (Å²) in [6.07, 6.45) is 0.453. The number of sulfone groups is 1. The smallest absolute Gasteiger partial charge is 0.265 e. The number of nitrogens with one attached hydrogen (secondary N) is 2. The Bertz CT molecular complexity index is 1330. The first kappa shape index (κ1) is 25.6. The van der Waals surface area contributed by atoms with Crippen molar-refractivity contribution < 1.29 is 32.7 Å². The summed E-state index contributed by atoms with van der Waals surface area (Å²) >= 11 is 0. The minimum atomic E-state index is -4.09. The third-order valence-electron chi connectivity index (χ3n) is 6.35. The van der Waals surface area contributed by atoms with Crippen molar-refractivity contribution in [3.05, 3.63) is 72.3 Å². The highest BCUT2D eigenvalue weighted by Crippen LogP contribution is 2.35. The molecule has 0 radical (unpaired) electrons. The molecular formula is C26H28N2O7S. The minimum Gasteiger partial charge on any atom is -0.494 e. The zero-order chi connectivity index (χ0) is 25.6. The Kier molecular flexibility index (Phi) is 7.88. The second kappa shape index (κ2) is 11.1. The van der Waals surface area contributed by atoms with Crippen LogP contribution in [0.5, 0.6) is 5.75 Å². The maximum atomic E-state index is 13.3. The van der Waals surface area contributed by atoms with E-state index in [0.717, 1.165) is 10.8 Å². The largest absolute Gasteiger partial charge is 0.494 e. The van der Waals surface area contributed by atoms with Crippen LogP contribution in [0.1, 0.15) is 29.6 Å². The molecule has 3 aromatic rings. The molecule has 36 heavy (non-hydrogen) atoms. The summed E-state index contributed by atoms with van der Waals surface area (Å²) in [6.45, 7) is 0.938. The highest BCUT2D eigenvalue weighted by molar-refractivity contribution is 7.93. The zero-order valence-electron chi connectivity index (χ0n) is 19.6. The summed E-state index contributed by atoms with van der Waals surface area (Å²) in [5.74, 6) is -0.663. The van der Waals surface area contributed by atoms with Gasteiger partial charge in [-0.3, -0.25) is 14.8 Å². The summed E-state index contributed by atoms with van der Waals surface area (Å²) < 4.78 is 35.6. The Morgan fingerprint density at radius 1 is 0.972 bits per heavy atom. The van der Waals surface area contributed by atoms with Crippen LogP contribution in [0.2, 0.25) is 0 Å². The molecule has 9 nitrogen and oxygen atoms in total. The standard InChI is InChI=1S/C26H28N2O7S/c29-24(21-7-6-19-4-1-2-5-20(19)18-21)27-14-3-15-35-22-8-10-23(11-9-22)36(32,33)26(25(30)28-31)12-16-34-17-13-26/h1-2,4-11,18,31H,3,12-17H2,(H,27,29)(H,28,30). The number of rotatable bonds is 9. The van der Waals surface area contributed by atoms with Gasteiger partial charge in [0.1, 0.15) is 5.75 Å². The van der Waals surface area contributed by atoms with Gasteiger partial charge in [0, 0.05) is 25.3 Å². The van der Waals surface area contributed by atoms with Gasteiger partial charge in [-0.1, -0.05) is 30.3 Å². The first-order chi connectivity index (χ1) is 17.4. The number of ether oxygens (including phenoxy) is 2. The normalized spacial score (nSPS) is 15.2. The third-order valence-corrected chi connectivity index (χ3v) is 8.87. The predicted octanol–water partition coefficient (Wildman–Crippen LogP) is 2.87. The van der Waals surface area contributed by atoms with E-state index in [1.54, 1.807) is 6.07 Å². The van der Waals surface area contributed by atoms with Crippen molar-refractivity contribution in [1.29, 1.82) is 0 Å². The summed E-state index contributed by atoms with van der Waals surface area (Å²) in [7, 11) is -4.09. The molecule has 1 heterocycles. The lowest BCUT2D eigenvalue weighted by Crippen LogP contribution is -2.54. The van der Waals surface area contributed by atoms with Crippen molar-refractivity contribution in [2.75, 3.05) is 26.4 Å². The lowest BCUT2D eigenvalue weighted by molar-refractivity contribution is -0.134. The highest BCUT2D eigenvalue weighted by atomic mass is 32.2. The Hall–Kier alpha value is -3.47. The lowest BCUT2D eigenvalue weighted by Gasteiger charge is -2.34. The number of hydrogen-bond donors (Lipinski definition) is 3. The SMILES string of the molecule is O=C(NCCCOc1ccc(S(=O)(=O)C2(C(=O)NO)CCOCC2)cc1)c1ccc2ccccc2c1. The van der Waals surface area contributed by atoms with Gasteiger partial charge in [-0.2, -0.15) is 0 Å². The van der Waals surface area contributed by atoms with Crippen LogP contribution >= 0.6 is 0 Å². The molecule has 0 saturated carbocycles. The van der Waals surface area contributed by atoms with Crippen LogP contribution in [0.4, 0.5) is 0 Å². The van der Waals surface area contributed by atoms with Gasteiger partial charge < -0.3 is 14.8 Å². The number of benzene rings is 3. The van der Waals surface area contributed by atoms with E-state index in [1.165, 1.54) is 29.7 Å². The van der Waals surface area contributed by atoms with Gasteiger partial charge in [0.2, 0.25) is 0 Å². The highest BCUT2D eigenvalue weighted by Gasteiger charge is 2.52. The van der Waals surface area contributed by atoms with Crippen molar-refractivity contribution in [2.24, 2.45) is 0 Å². The number of amides is 2. The van der Waals surface area contributed by atoms with E-state index in [1.807, 2.05) is 36.4 Å². The molecule has 0 aliphatic carbocycles. The summed E-state index contributed by atoms with van der Waals surface area (Å²) in [6, 6.07) is 19.2. The molecule has 10 heteroatoms. The van der Waals surface area contributed by atoms with E-state index in [0.29, 0.717) is 30.9 Å². The van der Waals surface area contributed by atoms with Gasteiger partial charge in [0.25, 0.3) is 11.8 Å². The number of hydrogen-bond acceptors (Lipinski definition) is 7. The molecule has 1 fully saturated rings. The van der Waals surface area contributed by atoms with Crippen LogP contribution in [0.25, 0.3) is 10.8 Å². The van der Waals surface area contributed by atoms with Gasteiger partial charge in [0.15, 0.2) is 14.6 Å². The van der Waals surface area contributed by atoms with Gasteiger partial charge in [-0.15, -0.1) is 0 Å². The minimum absolute atomic E-state index is 0.0389. The average Bonchev–Trinajstić information content (AvgIpc) is 2.92. The maximum absolute atomic E-state index is 13.3. The number of carbonyl (C=O) groups is 2. The van der Waals surface area contributed by atoms with Gasteiger partial charge in [-0.05, 0) is 66.4 Å². The zero-order valence-corrected chi connectivity index (χ0v) is 20.4. The van der Waals surface area contributed by atoms with Crippen LogP contribution < -0.4 is 15.5 Å². The van der Waals surface area contributed by atoms with E-state index in [-0.39, 0.29) is 36.9 Å². The van der Waals surface area contributed by atoms with Gasteiger partial charge in [0.05, 0.1) is 11.5 Å².